The van der Waals surface area contributed by atoms with Crippen molar-refractivity contribution in [2.75, 3.05) is 13.7 Å². The third-order valence-electron chi connectivity index (χ3n) is 2.22. The van der Waals surface area contributed by atoms with Crippen molar-refractivity contribution >= 4 is 0 Å². The zero-order chi connectivity index (χ0) is 13.5. The van der Waals surface area contributed by atoms with Crippen molar-refractivity contribution < 1.29 is 18.3 Å². The first kappa shape index (κ1) is 14.7. The molecule has 0 spiro atoms. The Kier molecular flexibility index (Phi) is 5.85. The van der Waals surface area contributed by atoms with Gasteiger partial charge in [0.2, 0.25) is 0 Å². The molecule has 1 rings (SSSR count). The fourth-order valence-corrected chi connectivity index (χ4v) is 1.50. The lowest BCUT2D eigenvalue weighted by molar-refractivity contribution is 0.145. The Hall–Kier alpha value is -1.36. The Morgan fingerprint density at radius 3 is 2.50 bits per heavy atom. The second-order valence-electron chi connectivity index (χ2n) is 4.17. The van der Waals surface area contributed by atoms with Crippen LogP contribution in [0.2, 0.25) is 0 Å². The highest BCUT2D eigenvalue weighted by Gasteiger charge is 2.08. The van der Waals surface area contributed by atoms with Crippen molar-refractivity contribution in [3.63, 3.8) is 0 Å². The number of hydrogen-bond acceptors (Lipinski definition) is 3. The van der Waals surface area contributed by atoms with E-state index in [1.165, 1.54) is 0 Å². The maximum atomic E-state index is 12.0. The summed E-state index contributed by atoms with van der Waals surface area (Å²) in [6.07, 6.45) is -2.28. The van der Waals surface area contributed by atoms with Crippen molar-refractivity contribution in [3.8, 4) is 11.5 Å². The van der Waals surface area contributed by atoms with E-state index >= 15 is 0 Å². The van der Waals surface area contributed by atoms with Crippen LogP contribution in [0.4, 0.5) is 8.78 Å². The molecule has 0 fully saturated rings. The lowest BCUT2D eigenvalue weighted by Gasteiger charge is -2.14. The van der Waals surface area contributed by atoms with Crippen LogP contribution in [0.3, 0.4) is 0 Å². The molecular weight excluding hydrogens is 240 g/mol. The number of ether oxygens (including phenoxy) is 2. The van der Waals surface area contributed by atoms with Crippen LogP contribution in [0, 0.1) is 0 Å². The van der Waals surface area contributed by atoms with Crippen LogP contribution in [0.25, 0.3) is 0 Å². The molecule has 0 saturated heterocycles. The zero-order valence-corrected chi connectivity index (χ0v) is 10.9. The molecule has 0 bridgehead atoms. The van der Waals surface area contributed by atoms with Gasteiger partial charge in [-0.2, -0.15) is 0 Å². The fraction of sp³-hybridized carbons (Fsp3) is 0.538. The molecular formula is C13H19F2NO2. The molecule has 0 atom stereocenters. The first-order valence-electron chi connectivity index (χ1n) is 5.85. The predicted octanol–water partition coefficient (Wildman–Crippen LogP) is 2.84. The average Bonchev–Trinajstić information content (AvgIpc) is 2.29. The van der Waals surface area contributed by atoms with Gasteiger partial charge in [0.05, 0.1) is 19.8 Å². The van der Waals surface area contributed by atoms with Gasteiger partial charge in [0, 0.05) is 6.54 Å². The molecule has 1 aromatic carbocycles. The summed E-state index contributed by atoms with van der Waals surface area (Å²) >= 11 is 0. The molecule has 102 valence electrons. The van der Waals surface area contributed by atoms with Crippen LogP contribution in [0.5, 0.6) is 11.5 Å². The Labute approximate surface area is 106 Å². The summed E-state index contributed by atoms with van der Waals surface area (Å²) in [5.74, 6) is 1.27. The van der Waals surface area contributed by atoms with Gasteiger partial charge < -0.3 is 14.8 Å². The molecule has 0 amide bonds. The van der Waals surface area contributed by atoms with E-state index in [9.17, 15) is 8.78 Å². The molecule has 0 aliphatic rings. The van der Waals surface area contributed by atoms with Gasteiger partial charge in [0.25, 0.3) is 6.43 Å². The molecule has 18 heavy (non-hydrogen) atoms. The summed E-state index contributed by atoms with van der Waals surface area (Å²) in [6.45, 7) is 3.92. The summed E-state index contributed by atoms with van der Waals surface area (Å²) in [4.78, 5) is 0. The number of alkyl halides is 2. The van der Waals surface area contributed by atoms with E-state index in [4.69, 9.17) is 9.47 Å². The van der Waals surface area contributed by atoms with Gasteiger partial charge in [0.15, 0.2) is 11.5 Å². The summed E-state index contributed by atoms with van der Waals surface area (Å²) in [6, 6.07) is 5.41. The normalized spacial score (nSPS) is 11.1. The summed E-state index contributed by atoms with van der Waals surface area (Å²) in [5.41, 5.74) is 0.878. The van der Waals surface area contributed by atoms with E-state index in [0.717, 1.165) is 5.56 Å². The second kappa shape index (κ2) is 7.16. The largest absolute Gasteiger partial charge is 0.493 e. The molecule has 0 aliphatic heterocycles. The van der Waals surface area contributed by atoms with Crippen LogP contribution in [0.15, 0.2) is 18.2 Å². The molecule has 0 aliphatic carbocycles. The number of methoxy groups -OCH3 is 1. The van der Waals surface area contributed by atoms with E-state index < -0.39 is 6.43 Å². The van der Waals surface area contributed by atoms with E-state index in [0.29, 0.717) is 18.0 Å². The highest BCUT2D eigenvalue weighted by molar-refractivity contribution is 5.43. The molecule has 5 heteroatoms. The van der Waals surface area contributed by atoms with Crippen molar-refractivity contribution in [2.24, 2.45) is 0 Å². The molecule has 0 aromatic heterocycles. The molecule has 0 radical (unpaired) electrons. The smallest absolute Gasteiger partial charge is 0.250 e. The van der Waals surface area contributed by atoms with Crippen molar-refractivity contribution in [1.29, 1.82) is 0 Å². The van der Waals surface area contributed by atoms with Crippen molar-refractivity contribution in [2.45, 2.75) is 32.9 Å². The monoisotopic (exact) mass is 259 g/mol. The van der Waals surface area contributed by atoms with Gasteiger partial charge >= 0.3 is 0 Å². The van der Waals surface area contributed by atoms with E-state index in [-0.39, 0.29) is 12.6 Å². The minimum atomic E-state index is -2.34. The van der Waals surface area contributed by atoms with Gasteiger partial charge in [-0.05, 0) is 31.5 Å². The maximum absolute atomic E-state index is 12.0. The Morgan fingerprint density at radius 2 is 1.94 bits per heavy atom. The van der Waals surface area contributed by atoms with Gasteiger partial charge in [-0.1, -0.05) is 6.07 Å². The van der Waals surface area contributed by atoms with Crippen LogP contribution in [0.1, 0.15) is 19.4 Å². The number of halogens is 2. The third kappa shape index (κ3) is 4.87. The number of rotatable bonds is 7. The van der Waals surface area contributed by atoms with Gasteiger partial charge in [0.1, 0.15) is 0 Å². The highest BCUT2D eigenvalue weighted by Crippen LogP contribution is 2.28. The number of hydrogen-bond donors (Lipinski definition) is 1. The van der Waals surface area contributed by atoms with Crippen LogP contribution in [-0.2, 0) is 6.54 Å². The van der Waals surface area contributed by atoms with E-state index in [2.05, 4.69) is 5.32 Å². The van der Waals surface area contributed by atoms with Crippen molar-refractivity contribution in [1.82, 2.24) is 5.32 Å². The molecule has 0 saturated carbocycles. The molecule has 0 unspecified atom stereocenters. The van der Waals surface area contributed by atoms with Gasteiger partial charge in [-0.15, -0.1) is 0 Å². The molecule has 1 N–H and O–H groups in total. The molecule has 1 aromatic rings. The average molecular weight is 259 g/mol. The topological polar surface area (TPSA) is 30.5 Å². The summed E-state index contributed by atoms with van der Waals surface area (Å²) < 4.78 is 34.7. The Morgan fingerprint density at radius 1 is 1.22 bits per heavy atom. The Bertz CT molecular complexity index is 370. The zero-order valence-electron chi connectivity index (χ0n) is 10.9. The SMILES string of the molecule is COc1cc(CNCC(F)F)ccc1OC(C)C. The van der Waals surface area contributed by atoms with Crippen LogP contribution < -0.4 is 14.8 Å². The predicted molar refractivity (Wildman–Crippen MR) is 66.5 cm³/mol. The first-order valence-corrected chi connectivity index (χ1v) is 5.85. The third-order valence-corrected chi connectivity index (χ3v) is 2.22. The number of nitrogens with one attached hydrogen (secondary N) is 1. The summed E-state index contributed by atoms with van der Waals surface area (Å²) in [7, 11) is 1.55. The minimum Gasteiger partial charge on any atom is -0.493 e. The Balaban J connectivity index is 2.66. The summed E-state index contributed by atoms with van der Waals surface area (Å²) in [5, 5.41) is 2.67. The standard InChI is InChI=1S/C13H19F2NO2/c1-9(2)18-11-5-4-10(6-12(11)17-3)7-16-8-13(14)15/h4-6,9,13,16H,7-8H2,1-3H3. The highest BCUT2D eigenvalue weighted by atomic mass is 19.3. The first-order chi connectivity index (χ1) is 8.52. The molecule has 0 heterocycles. The molecule has 3 nitrogen and oxygen atoms in total. The maximum Gasteiger partial charge on any atom is 0.250 e. The lowest BCUT2D eigenvalue weighted by atomic mass is 10.2. The van der Waals surface area contributed by atoms with Gasteiger partial charge in [-0.25, -0.2) is 8.78 Å². The van der Waals surface area contributed by atoms with Crippen molar-refractivity contribution in [3.05, 3.63) is 23.8 Å². The number of benzene rings is 1. The lowest BCUT2D eigenvalue weighted by Crippen LogP contribution is -2.20. The van der Waals surface area contributed by atoms with E-state index in [1.807, 2.05) is 19.9 Å². The quantitative estimate of drug-likeness (QED) is 0.816. The van der Waals surface area contributed by atoms with E-state index in [1.54, 1.807) is 19.2 Å². The second-order valence-corrected chi connectivity index (χ2v) is 4.17. The fourth-order valence-electron chi connectivity index (χ4n) is 1.50. The minimum absolute atomic E-state index is 0.0571. The van der Waals surface area contributed by atoms with Gasteiger partial charge in [-0.3, -0.25) is 0 Å². The van der Waals surface area contributed by atoms with Crippen LogP contribution >= 0.6 is 0 Å². The van der Waals surface area contributed by atoms with Crippen LogP contribution in [-0.4, -0.2) is 26.2 Å².